The lowest BCUT2D eigenvalue weighted by molar-refractivity contribution is -0.131. The Morgan fingerprint density at radius 3 is 2.76 bits per heavy atom. The minimum absolute atomic E-state index is 0.299. The number of carboxylic acid groups (broad SMARTS) is 1. The molecule has 0 bridgehead atoms. The molecule has 2 N–H and O–H groups in total. The number of carboxylic acids is 1. The van der Waals surface area contributed by atoms with Crippen LogP contribution in [0.4, 0.5) is 5.82 Å². The second-order valence-electron chi connectivity index (χ2n) is 4.50. The second kappa shape index (κ2) is 6.32. The van der Waals surface area contributed by atoms with Crippen molar-refractivity contribution in [2.24, 2.45) is 0 Å². The fraction of sp³-hybridized carbons (Fsp3) is 0.133. The highest BCUT2D eigenvalue weighted by Gasteiger charge is 2.13. The van der Waals surface area contributed by atoms with Crippen LogP contribution in [0.15, 0.2) is 29.7 Å². The summed E-state index contributed by atoms with van der Waals surface area (Å²) in [4.78, 5) is 27.5. The van der Waals surface area contributed by atoms with E-state index in [9.17, 15) is 9.59 Å². The summed E-state index contributed by atoms with van der Waals surface area (Å²) in [6.07, 6.45) is 2.41. The monoisotopic (exact) mass is 302 g/mol. The quantitative estimate of drug-likeness (QED) is 0.850. The number of nitrogens with zero attached hydrogens (tertiary/aromatic N) is 1. The summed E-state index contributed by atoms with van der Waals surface area (Å²) in [6.45, 7) is 3.78. The number of hydrogen-bond acceptors (Lipinski definition) is 4. The van der Waals surface area contributed by atoms with E-state index < -0.39 is 5.97 Å². The van der Waals surface area contributed by atoms with Crippen molar-refractivity contribution in [3.05, 3.63) is 51.4 Å². The normalized spacial score (nSPS) is 10.8. The Bertz CT molecular complexity index is 699. The standard InChI is InChI=1S/C15H14N2O3S/c1-9-7-10(2)16-12(8-9)17-15(20)14-11(5-6-21-14)3-4-13(18)19/h3-8H,1-2H3,(H,18,19)(H,16,17,20)/b4-3+. The zero-order chi connectivity index (χ0) is 15.4. The summed E-state index contributed by atoms with van der Waals surface area (Å²) in [5.41, 5.74) is 2.40. The molecule has 0 aliphatic carbocycles. The molecule has 0 radical (unpaired) electrons. The Morgan fingerprint density at radius 1 is 1.33 bits per heavy atom. The molecular formula is C15H14N2O3S. The van der Waals surface area contributed by atoms with Crippen molar-refractivity contribution in [2.45, 2.75) is 13.8 Å². The number of aromatic nitrogens is 1. The third-order valence-electron chi connectivity index (χ3n) is 2.65. The maximum Gasteiger partial charge on any atom is 0.328 e. The van der Waals surface area contributed by atoms with E-state index in [-0.39, 0.29) is 5.91 Å². The van der Waals surface area contributed by atoms with Crippen LogP contribution in [0.2, 0.25) is 0 Å². The van der Waals surface area contributed by atoms with Gasteiger partial charge in [0.15, 0.2) is 0 Å². The van der Waals surface area contributed by atoms with Gasteiger partial charge in [-0.2, -0.15) is 0 Å². The van der Waals surface area contributed by atoms with Crippen LogP contribution in [-0.2, 0) is 4.79 Å². The van der Waals surface area contributed by atoms with Crippen molar-refractivity contribution in [2.75, 3.05) is 5.32 Å². The highest BCUT2D eigenvalue weighted by Crippen LogP contribution is 2.20. The molecule has 6 heteroatoms. The van der Waals surface area contributed by atoms with Crippen LogP contribution in [0, 0.1) is 13.8 Å². The third kappa shape index (κ3) is 4.00. The van der Waals surface area contributed by atoms with Gasteiger partial charge in [0.1, 0.15) is 5.82 Å². The molecule has 2 aromatic rings. The van der Waals surface area contributed by atoms with Crippen molar-refractivity contribution in [1.82, 2.24) is 4.98 Å². The molecule has 0 spiro atoms. The topological polar surface area (TPSA) is 79.3 Å². The molecular weight excluding hydrogens is 288 g/mol. The highest BCUT2D eigenvalue weighted by molar-refractivity contribution is 7.12. The Hall–Kier alpha value is -2.47. The van der Waals surface area contributed by atoms with E-state index in [1.54, 1.807) is 17.5 Å². The number of aryl methyl sites for hydroxylation is 2. The van der Waals surface area contributed by atoms with Crippen LogP contribution in [0.5, 0.6) is 0 Å². The first-order valence-corrected chi connectivity index (χ1v) is 7.09. The molecule has 0 aliphatic heterocycles. The number of carbonyl (C=O) groups excluding carboxylic acids is 1. The lowest BCUT2D eigenvalue weighted by atomic mass is 10.2. The first-order chi connectivity index (χ1) is 9.95. The van der Waals surface area contributed by atoms with Crippen molar-refractivity contribution in [3.63, 3.8) is 0 Å². The maximum absolute atomic E-state index is 12.2. The molecule has 108 valence electrons. The molecule has 1 amide bonds. The van der Waals surface area contributed by atoms with Gasteiger partial charge in [-0.1, -0.05) is 0 Å². The molecule has 0 aromatic carbocycles. The Kier molecular flexibility index (Phi) is 4.49. The zero-order valence-corrected chi connectivity index (χ0v) is 12.4. The number of thiophene rings is 1. The molecule has 0 saturated carbocycles. The number of nitrogens with one attached hydrogen (secondary N) is 1. The largest absolute Gasteiger partial charge is 0.478 e. The predicted molar refractivity (Wildman–Crippen MR) is 82.7 cm³/mol. The van der Waals surface area contributed by atoms with E-state index in [0.29, 0.717) is 16.3 Å². The maximum atomic E-state index is 12.2. The van der Waals surface area contributed by atoms with Gasteiger partial charge < -0.3 is 10.4 Å². The molecule has 0 atom stereocenters. The number of pyridine rings is 1. The Labute approximate surface area is 126 Å². The summed E-state index contributed by atoms with van der Waals surface area (Å²) in [7, 11) is 0. The number of rotatable bonds is 4. The minimum Gasteiger partial charge on any atom is -0.478 e. The van der Waals surface area contributed by atoms with Crippen LogP contribution in [0.3, 0.4) is 0 Å². The van der Waals surface area contributed by atoms with Crippen molar-refractivity contribution in [1.29, 1.82) is 0 Å². The van der Waals surface area contributed by atoms with E-state index >= 15 is 0 Å². The van der Waals surface area contributed by atoms with E-state index in [4.69, 9.17) is 5.11 Å². The third-order valence-corrected chi connectivity index (χ3v) is 3.58. The summed E-state index contributed by atoms with van der Waals surface area (Å²) >= 11 is 1.25. The van der Waals surface area contributed by atoms with Gasteiger partial charge in [0.25, 0.3) is 5.91 Å². The first-order valence-electron chi connectivity index (χ1n) is 6.21. The second-order valence-corrected chi connectivity index (χ2v) is 5.42. The fourth-order valence-electron chi connectivity index (χ4n) is 1.87. The van der Waals surface area contributed by atoms with Gasteiger partial charge in [-0.3, -0.25) is 4.79 Å². The molecule has 0 aliphatic rings. The minimum atomic E-state index is -1.05. The summed E-state index contributed by atoms with van der Waals surface area (Å²) in [6, 6.07) is 5.40. The lowest BCUT2D eigenvalue weighted by Crippen LogP contribution is -2.13. The molecule has 0 fully saturated rings. The molecule has 21 heavy (non-hydrogen) atoms. The number of amides is 1. The summed E-state index contributed by atoms with van der Waals surface area (Å²) in [5, 5.41) is 13.1. The first kappa shape index (κ1) is 14.9. The van der Waals surface area contributed by atoms with Crippen molar-refractivity contribution >= 4 is 35.1 Å². The van der Waals surface area contributed by atoms with E-state index in [1.165, 1.54) is 17.4 Å². The number of carbonyl (C=O) groups is 2. The van der Waals surface area contributed by atoms with Gasteiger partial charge in [-0.15, -0.1) is 11.3 Å². The molecule has 2 rings (SSSR count). The number of anilines is 1. The average molecular weight is 302 g/mol. The number of hydrogen-bond donors (Lipinski definition) is 2. The van der Waals surface area contributed by atoms with Crippen LogP contribution < -0.4 is 5.32 Å². The van der Waals surface area contributed by atoms with E-state index in [1.807, 2.05) is 19.9 Å². The fourth-order valence-corrected chi connectivity index (χ4v) is 2.66. The van der Waals surface area contributed by atoms with Gasteiger partial charge >= 0.3 is 5.97 Å². The van der Waals surface area contributed by atoms with E-state index in [0.717, 1.165) is 17.3 Å². The highest BCUT2D eigenvalue weighted by atomic mass is 32.1. The molecule has 2 heterocycles. The van der Waals surface area contributed by atoms with Gasteiger partial charge in [0.2, 0.25) is 0 Å². The zero-order valence-electron chi connectivity index (χ0n) is 11.6. The van der Waals surface area contributed by atoms with Gasteiger partial charge in [-0.05, 0) is 54.6 Å². The lowest BCUT2D eigenvalue weighted by Gasteiger charge is -2.06. The smallest absolute Gasteiger partial charge is 0.328 e. The van der Waals surface area contributed by atoms with Gasteiger partial charge in [0, 0.05) is 11.8 Å². The molecule has 2 aromatic heterocycles. The van der Waals surface area contributed by atoms with Crippen molar-refractivity contribution < 1.29 is 14.7 Å². The average Bonchev–Trinajstić information content (AvgIpc) is 2.83. The van der Waals surface area contributed by atoms with Crippen LogP contribution in [0.1, 0.15) is 26.5 Å². The summed E-state index contributed by atoms with van der Waals surface area (Å²) < 4.78 is 0. The van der Waals surface area contributed by atoms with Crippen LogP contribution in [-0.4, -0.2) is 22.0 Å². The van der Waals surface area contributed by atoms with Crippen molar-refractivity contribution in [3.8, 4) is 0 Å². The Balaban J connectivity index is 2.21. The van der Waals surface area contributed by atoms with Gasteiger partial charge in [-0.25, -0.2) is 9.78 Å². The predicted octanol–water partition coefficient (Wildman–Crippen LogP) is 3.11. The van der Waals surface area contributed by atoms with Crippen LogP contribution in [0.25, 0.3) is 6.08 Å². The van der Waals surface area contributed by atoms with Crippen LogP contribution >= 0.6 is 11.3 Å². The molecule has 5 nitrogen and oxygen atoms in total. The molecule has 0 unspecified atom stereocenters. The summed E-state index contributed by atoms with van der Waals surface area (Å²) in [5.74, 6) is -0.866. The molecule has 0 saturated heterocycles. The van der Waals surface area contributed by atoms with Gasteiger partial charge in [0.05, 0.1) is 4.88 Å². The Morgan fingerprint density at radius 2 is 2.10 bits per heavy atom. The SMILES string of the molecule is Cc1cc(C)nc(NC(=O)c2sccc2/C=C/C(=O)O)c1. The van der Waals surface area contributed by atoms with E-state index in [2.05, 4.69) is 10.3 Å². The number of aliphatic carboxylic acids is 1.